The molecular weight excluding hydrogens is 319 g/mol. The lowest BCUT2D eigenvalue weighted by molar-refractivity contribution is -0.0775. The summed E-state index contributed by atoms with van der Waals surface area (Å²) in [6.45, 7) is 0.374. The highest BCUT2D eigenvalue weighted by Crippen LogP contribution is 2.43. The van der Waals surface area contributed by atoms with Crippen LogP contribution in [0.3, 0.4) is 0 Å². The van der Waals surface area contributed by atoms with Crippen molar-refractivity contribution >= 4 is 17.5 Å². The standard InChI is InChI=1S/C12H14ClFN4O4/c1-6(19)7-8(20)12(13,3-2-4-14)9(22-7)18-5-16-10(15)17-11(18)21/h5-9,19-20H,4H2,1H3,(H2,15,17,21)/t6-,7+,8?,9+,12+/m0/s1. The highest BCUT2D eigenvalue weighted by Gasteiger charge is 2.57. The van der Waals surface area contributed by atoms with Gasteiger partial charge in [0, 0.05) is 0 Å². The quantitative estimate of drug-likeness (QED) is 0.459. The molecule has 1 aliphatic heterocycles. The fraction of sp³-hybridized carbons (Fsp3) is 0.583. The summed E-state index contributed by atoms with van der Waals surface area (Å²) in [6, 6.07) is 0. The van der Waals surface area contributed by atoms with E-state index in [2.05, 4.69) is 21.8 Å². The van der Waals surface area contributed by atoms with Gasteiger partial charge in [-0.3, -0.25) is 4.57 Å². The Bertz CT molecular complexity index is 673. The van der Waals surface area contributed by atoms with Crippen LogP contribution in [0.1, 0.15) is 13.2 Å². The second kappa shape index (κ2) is 6.18. The largest absolute Gasteiger partial charge is 0.391 e. The molecule has 1 saturated heterocycles. The predicted molar refractivity (Wildman–Crippen MR) is 74.6 cm³/mol. The fourth-order valence-corrected chi connectivity index (χ4v) is 2.52. The molecule has 0 radical (unpaired) electrons. The SMILES string of the molecule is C[C@H](O)[C@H]1O[C@@H](n2cnc(N)nc2=O)[C@@](Cl)(C#CCF)C1O. The van der Waals surface area contributed by atoms with Crippen molar-refractivity contribution in [2.24, 2.45) is 0 Å². The summed E-state index contributed by atoms with van der Waals surface area (Å²) in [4.78, 5) is 17.1. The number of rotatable bonds is 2. The van der Waals surface area contributed by atoms with Gasteiger partial charge in [-0.25, -0.2) is 14.2 Å². The maximum absolute atomic E-state index is 12.3. The molecule has 10 heteroatoms. The molecule has 1 unspecified atom stereocenters. The van der Waals surface area contributed by atoms with Crippen LogP contribution in [0.2, 0.25) is 0 Å². The Balaban J connectivity index is 2.53. The Morgan fingerprint density at radius 3 is 2.95 bits per heavy atom. The van der Waals surface area contributed by atoms with E-state index in [4.69, 9.17) is 22.1 Å². The van der Waals surface area contributed by atoms with E-state index >= 15 is 0 Å². The number of aromatic nitrogens is 3. The summed E-state index contributed by atoms with van der Waals surface area (Å²) in [5, 5.41) is 19.9. The fourth-order valence-electron chi connectivity index (χ4n) is 2.17. The highest BCUT2D eigenvalue weighted by atomic mass is 35.5. The van der Waals surface area contributed by atoms with Gasteiger partial charge < -0.3 is 20.7 Å². The van der Waals surface area contributed by atoms with Gasteiger partial charge in [0.25, 0.3) is 0 Å². The molecule has 1 aromatic rings. The molecule has 120 valence electrons. The lowest BCUT2D eigenvalue weighted by atomic mass is 9.97. The van der Waals surface area contributed by atoms with Crippen molar-refractivity contribution < 1.29 is 19.3 Å². The molecule has 2 rings (SSSR count). The van der Waals surface area contributed by atoms with E-state index in [1.54, 1.807) is 0 Å². The summed E-state index contributed by atoms with van der Waals surface area (Å²) in [5.41, 5.74) is 4.47. The zero-order chi connectivity index (χ0) is 16.5. The van der Waals surface area contributed by atoms with E-state index in [1.807, 2.05) is 0 Å². The van der Waals surface area contributed by atoms with Crippen molar-refractivity contribution in [2.75, 3.05) is 12.4 Å². The number of hydrogen-bond donors (Lipinski definition) is 3. The second-order valence-corrected chi connectivity index (χ2v) is 5.37. The number of anilines is 1. The molecule has 8 nitrogen and oxygen atoms in total. The third-order valence-electron chi connectivity index (χ3n) is 3.21. The van der Waals surface area contributed by atoms with Gasteiger partial charge in [-0.15, -0.1) is 0 Å². The van der Waals surface area contributed by atoms with Crippen molar-refractivity contribution in [3.63, 3.8) is 0 Å². The van der Waals surface area contributed by atoms with Gasteiger partial charge in [-0.2, -0.15) is 4.98 Å². The third-order valence-corrected chi connectivity index (χ3v) is 3.71. The molecule has 0 amide bonds. The van der Waals surface area contributed by atoms with Crippen molar-refractivity contribution in [3.05, 3.63) is 16.8 Å². The number of nitrogens with zero attached hydrogens (tertiary/aromatic N) is 3. The first-order valence-corrected chi connectivity index (χ1v) is 6.66. The Kier molecular flexibility index (Phi) is 4.67. The van der Waals surface area contributed by atoms with E-state index in [0.29, 0.717) is 0 Å². The number of aliphatic hydroxyl groups excluding tert-OH is 2. The summed E-state index contributed by atoms with van der Waals surface area (Å²) >= 11 is 6.28. The van der Waals surface area contributed by atoms with Gasteiger partial charge >= 0.3 is 5.69 Å². The number of alkyl halides is 2. The van der Waals surface area contributed by atoms with E-state index in [0.717, 1.165) is 10.9 Å². The Morgan fingerprint density at radius 1 is 1.73 bits per heavy atom. The van der Waals surface area contributed by atoms with Gasteiger partial charge in [-0.1, -0.05) is 23.4 Å². The normalized spacial score (nSPS) is 32.3. The number of halogens is 2. The Hall–Kier alpha value is -1.73. The van der Waals surface area contributed by atoms with Crippen LogP contribution >= 0.6 is 11.6 Å². The minimum Gasteiger partial charge on any atom is -0.391 e. The summed E-state index contributed by atoms with van der Waals surface area (Å²) in [7, 11) is 0. The van der Waals surface area contributed by atoms with Crippen molar-refractivity contribution in [3.8, 4) is 11.8 Å². The molecule has 0 aliphatic carbocycles. The minimum atomic E-state index is -1.85. The molecule has 5 atom stereocenters. The maximum atomic E-state index is 12.3. The zero-order valence-corrected chi connectivity index (χ0v) is 12.2. The first-order valence-electron chi connectivity index (χ1n) is 6.28. The van der Waals surface area contributed by atoms with Crippen LogP contribution in [-0.2, 0) is 4.74 Å². The van der Waals surface area contributed by atoms with Crippen LogP contribution < -0.4 is 11.4 Å². The Labute approximate surface area is 129 Å². The number of nitrogen functional groups attached to an aromatic ring is 1. The van der Waals surface area contributed by atoms with Gasteiger partial charge in [0.1, 0.15) is 25.2 Å². The van der Waals surface area contributed by atoms with E-state index in [1.165, 1.54) is 6.92 Å². The zero-order valence-electron chi connectivity index (χ0n) is 11.5. The summed E-state index contributed by atoms with van der Waals surface area (Å²) in [5.74, 6) is 4.19. The Morgan fingerprint density at radius 2 is 2.41 bits per heavy atom. The lowest BCUT2D eigenvalue weighted by Crippen LogP contribution is -2.44. The van der Waals surface area contributed by atoms with Crippen LogP contribution in [0.25, 0.3) is 0 Å². The second-order valence-electron chi connectivity index (χ2n) is 4.75. The molecular formula is C12H14ClFN4O4. The molecule has 0 saturated carbocycles. The molecule has 1 fully saturated rings. The average Bonchev–Trinajstić information content (AvgIpc) is 2.70. The molecule has 0 aromatic carbocycles. The predicted octanol–water partition coefficient (Wildman–Crippen LogP) is -1.19. The third kappa shape index (κ3) is 2.78. The smallest absolute Gasteiger partial charge is 0.354 e. The molecule has 2 heterocycles. The first-order chi connectivity index (χ1) is 10.3. The van der Waals surface area contributed by atoms with Gasteiger partial charge in [0.15, 0.2) is 11.1 Å². The number of nitrogens with two attached hydrogens (primary N) is 1. The molecule has 22 heavy (non-hydrogen) atoms. The van der Waals surface area contributed by atoms with Gasteiger partial charge in [-0.05, 0) is 6.92 Å². The van der Waals surface area contributed by atoms with Gasteiger partial charge in [0.05, 0.1) is 6.10 Å². The van der Waals surface area contributed by atoms with E-state index < -0.39 is 41.8 Å². The van der Waals surface area contributed by atoms with Crippen LogP contribution in [0, 0.1) is 11.8 Å². The number of hydrogen-bond acceptors (Lipinski definition) is 7. The summed E-state index contributed by atoms with van der Waals surface area (Å²) < 4.78 is 18.7. The topological polar surface area (TPSA) is 123 Å². The lowest BCUT2D eigenvalue weighted by Gasteiger charge is -2.25. The van der Waals surface area contributed by atoms with Crippen molar-refractivity contribution in [2.45, 2.75) is 36.3 Å². The van der Waals surface area contributed by atoms with Crippen LogP contribution in [0.5, 0.6) is 0 Å². The molecule has 1 aliphatic rings. The first kappa shape index (κ1) is 16.6. The molecule has 0 bridgehead atoms. The van der Waals surface area contributed by atoms with Crippen LogP contribution in [-0.4, -0.2) is 54.6 Å². The maximum Gasteiger partial charge on any atom is 0.354 e. The molecule has 0 spiro atoms. The van der Waals surface area contributed by atoms with Crippen LogP contribution in [0.15, 0.2) is 11.1 Å². The van der Waals surface area contributed by atoms with Crippen LogP contribution in [0.4, 0.5) is 10.3 Å². The summed E-state index contributed by atoms with van der Waals surface area (Å²) in [6.07, 6.45) is -3.99. The van der Waals surface area contributed by atoms with E-state index in [-0.39, 0.29) is 5.95 Å². The minimum absolute atomic E-state index is 0.248. The molecule has 1 aromatic heterocycles. The average molecular weight is 333 g/mol. The van der Waals surface area contributed by atoms with Gasteiger partial charge in [0.2, 0.25) is 5.95 Å². The monoisotopic (exact) mass is 332 g/mol. The highest BCUT2D eigenvalue weighted by molar-refractivity contribution is 6.27. The number of aliphatic hydroxyl groups is 2. The van der Waals surface area contributed by atoms with E-state index in [9.17, 15) is 19.4 Å². The molecule has 4 N–H and O–H groups in total. The van der Waals surface area contributed by atoms with Crippen molar-refractivity contribution in [1.82, 2.24) is 14.5 Å². The van der Waals surface area contributed by atoms with Crippen molar-refractivity contribution in [1.29, 1.82) is 0 Å². The number of ether oxygens (including phenoxy) is 1.